The summed E-state index contributed by atoms with van der Waals surface area (Å²) >= 11 is 0. The van der Waals surface area contributed by atoms with Gasteiger partial charge in [0.05, 0.1) is 13.2 Å². The first-order valence-corrected chi connectivity index (χ1v) is 8.83. The van der Waals surface area contributed by atoms with E-state index in [0.29, 0.717) is 4.31 Å². The normalized spacial score (nSPS) is 29.2. The van der Waals surface area contributed by atoms with E-state index < -0.39 is 45.2 Å². The van der Waals surface area contributed by atoms with Gasteiger partial charge in [0.2, 0.25) is 5.54 Å². The molecule has 0 aliphatic carbocycles. The molecule has 0 saturated carbocycles. The molecule has 0 aromatic rings. The number of amides is 1. The molecule has 1 amide bonds. The van der Waals surface area contributed by atoms with Crippen molar-refractivity contribution < 1.29 is 36.4 Å². The van der Waals surface area contributed by atoms with Gasteiger partial charge in [0.1, 0.15) is 17.3 Å². The van der Waals surface area contributed by atoms with Gasteiger partial charge in [-0.3, -0.25) is 0 Å². The standard InChI is InChI=1S/C14H23NO8S/c1-12(2,3)21-10(16)14-8-20-7-9(14)23-24(18,19)15(14)11(17)22-13(4,5)6/h9H,7-8H2,1-6H3. The van der Waals surface area contributed by atoms with E-state index in [9.17, 15) is 18.0 Å². The first-order chi connectivity index (χ1) is 10.7. The summed E-state index contributed by atoms with van der Waals surface area (Å²) in [6.07, 6.45) is -2.38. The zero-order valence-electron chi connectivity index (χ0n) is 14.6. The van der Waals surface area contributed by atoms with Gasteiger partial charge in [0.15, 0.2) is 0 Å². The number of hydrogen-bond acceptors (Lipinski definition) is 8. The van der Waals surface area contributed by atoms with Crippen LogP contribution in [0.25, 0.3) is 0 Å². The molecule has 2 heterocycles. The van der Waals surface area contributed by atoms with E-state index in [1.807, 2.05) is 0 Å². The van der Waals surface area contributed by atoms with Crippen molar-refractivity contribution in [2.24, 2.45) is 0 Å². The molecular formula is C14H23NO8S. The van der Waals surface area contributed by atoms with Gasteiger partial charge in [0.25, 0.3) is 0 Å². The van der Waals surface area contributed by atoms with E-state index in [1.54, 1.807) is 41.5 Å². The number of carbonyl (C=O) groups excluding carboxylic acids is 2. The molecule has 2 rings (SSSR count). The lowest BCUT2D eigenvalue weighted by molar-refractivity contribution is -0.167. The van der Waals surface area contributed by atoms with Crippen LogP contribution in [0.3, 0.4) is 0 Å². The van der Waals surface area contributed by atoms with Crippen LogP contribution in [0.5, 0.6) is 0 Å². The molecule has 2 aliphatic heterocycles. The molecule has 0 aromatic heterocycles. The molecule has 2 saturated heterocycles. The monoisotopic (exact) mass is 365 g/mol. The average molecular weight is 365 g/mol. The van der Waals surface area contributed by atoms with Gasteiger partial charge in [0, 0.05) is 0 Å². The van der Waals surface area contributed by atoms with Crippen LogP contribution in [-0.2, 0) is 33.5 Å². The van der Waals surface area contributed by atoms with Crippen molar-refractivity contribution >= 4 is 22.4 Å². The number of hydrogen-bond donors (Lipinski definition) is 0. The lowest BCUT2D eigenvalue weighted by Crippen LogP contribution is -2.61. The zero-order chi connectivity index (χ0) is 18.6. The minimum atomic E-state index is -4.50. The summed E-state index contributed by atoms with van der Waals surface area (Å²) in [5.74, 6) is -0.913. The summed E-state index contributed by atoms with van der Waals surface area (Å²) in [4.78, 5) is 25.2. The maximum Gasteiger partial charge on any atom is 0.427 e. The van der Waals surface area contributed by atoms with Crippen LogP contribution in [0.1, 0.15) is 41.5 Å². The fourth-order valence-corrected chi connectivity index (χ4v) is 3.89. The molecule has 2 atom stereocenters. The van der Waals surface area contributed by atoms with Crippen LogP contribution in [0, 0.1) is 0 Å². The fraction of sp³-hybridized carbons (Fsp3) is 0.857. The Balaban J connectivity index is 2.47. The molecule has 2 fully saturated rings. The molecule has 2 unspecified atom stereocenters. The number of rotatable bonds is 1. The fourth-order valence-electron chi connectivity index (χ4n) is 2.44. The van der Waals surface area contributed by atoms with Crippen LogP contribution in [0.2, 0.25) is 0 Å². The van der Waals surface area contributed by atoms with Crippen molar-refractivity contribution in [3.63, 3.8) is 0 Å². The van der Waals surface area contributed by atoms with E-state index in [0.717, 1.165) is 0 Å². The Morgan fingerprint density at radius 3 is 2.12 bits per heavy atom. The Bertz CT molecular complexity index is 645. The van der Waals surface area contributed by atoms with E-state index in [-0.39, 0.29) is 13.2 Å². The van der Waals surface area contributed by atoms with Crippen molar-refractivity contribution in [3.8, 4) is 0 Å². The summed E-state index contributed by atoms with van der Waals surface area (Å²) in [5, 5.41) is 0. The summed E-state index contributed by atoms with van der Waals surface area (Å²) < 4.78 is 45.6. The summed E-state index contributed by atoms with van der Waals surface area (Å²) in [6, 6.07) is 0. The smallest absolute Gasteiger partial charge is 0.427 e. The summed E-state index contributed by atoms with van der Waals surface area (Å²) in [6.45, 7) is 9.13. The molecule has 0 spiro atoms. The van der Waals surface area contributed by atoms with E-state index in [4.69, 9.17) is 18.4 Å². The molecule has 0 radical (unpaired) electrons. The SMILES string of the molecule is CC(C)(C)OC(=O)N1C2(C(=O)OC(C)(C)C)COCC2OS1(=O)=O. The highest BCUT2D eigenvalue weighted by Crippen LogP contribution is 2.42. The van der Waals surface area contributed by atoms with Crippen LogP contribution in [0.15, 0.2) is 0 Å². The molecule has 138 valence electrons. The van der Waals surface area contributed by atoms with E-state index in [2.05, 4.69) is 0 Å². The third-order valence-electron chi connectivity index (χ3n) is 3.26. The van der Waals surface area contributed by atoms with Crippen molar-refractivity contribution in [1.82, 2.24) is 4.31 Å². The highest BCUT2D eigenvalue weighted by Gasteiger charge is 2.70. The summed E-state index contributed by atoms with van der Waals surface area (Å²) in [5.41, 5.74) is -3.77. The van der Waals surface area contributed by atoms with Crippen LogP contribution in [-0.4, -0.2) is 60.8 Å². The molecule has 10 heteroatoms. The van der Waals surface area contributed by atoms with Crippen LogP contribution >= 0.6 is 0 Å². The third-order valence-corrected chi connectivity index (χ3v) is 4.66. The predicted molar refractivity (Wildman–Crippen MR) is 81.3 cm³/mol. The highest BCUT2D eigenvalue weighted by atomic mass is 32.2. The molecule has 2 aliphatic rings. The van der Waals surface area contributed by atoms with Gasteiger partial charge in [-0.25, -0.2) is 13.8 Å². The highest BCUT2D eigenvalue weighted by molar-refractivity contribution is 7.85. The number of fused-ring (bicyclic) bond motifs is 1. The number of nitrogens with zero attached hydrogens (tertiary/aromatic N) is 1. The van der Waals surface area contributed by atoms with Crippen molar-refractivity contribution in [3.05, 3.63) is 0 Å². The van der Waals surface area contributed by atoms with Crippen molar-refractivity contribution in [2.45, 2.75) is 64.4 Å². The molecule has 0 aromatic carbocycles. The van der Waals surface area contributed by atoms with E-state index >= 15 is 0 Å². The van der Waals surface area contributed by atoms with Gasteiger partial charge in [-0.15, -0.1) is 0 Å². The molecule has 0 N–H and O–H groups in total. The lowest BCUT2D eigenvalue weighted by Gasteiger charge is -2.34. The second-order valence-corrected chi connectivity index (χ2v) is 9.14. The van der Waals surface area contributed by atoms with Crippen LogP contribution in [0.4, 0.5) is 4.79 Å². The zero-order valence-corrected chi connectivity index (χ0v) is 15.4. The second kappa shape index (κ2) is 5.57. The number of ether oxygens (including phenoxy) is 3. The largest absolute Gasteiger partial charge is 0.458 e. The van der Waals surface area contributed by atoms with Gasteiger partial charge < -0.3 is 14.2 Å². The van der Waals surface area contributed by atoms with Crippen LogP contribution < -0.4 is 0 Å². The Morgan fingerprint density at radius 1 is 1.08 bits per heavy atom. The lowest BCUT2D eigenvalue weighted by atomic mass is 9.95. The minimum Gasteiger partial charge on any atom is -0.458 e. The quantitative estimate of drug-likeness (QED) is 0.633. The average Bonchev–Trinajstić information content (AvgIpc) is 2.76. The number of esters is 1. The third kappa shape index (κ3) is 3.35. The second-order valence-electron chi connectivity index (χ2n) is 7.73. The number of carbonyl (C=O) groups is 2. The topological polar surface area (TPSA) is 108 Å². The first kappa shape index (κ1) is 18.9. The molecular weight excluding hydrogens is 342 g/mol. The summed E-state index contributed by atoms with van der Waals surface area (Å²) in [7, 11) is -4.50. The molecule has 24 heavy (non-hydrogen) atoms. The van der Waals surface area contributed by atoms with Gasteiger partial charge in [-0.1, -0.05) is 0 Å². The van der Waals surface area contributed by atoms with Gasteiger partial charge in [-0.2, -0.15) is 12.7 Å². The minimum absolute atomic E-state index is 0.155. The van der Waals surface area contributed by atoms with E-state index in [1.165, 1.54) is 0 Å². The van der Waals surface area contributed by atoms with Gasteiger partial charge in [-0.05, 0) is 41.5 Å². The van der Waals surface area contributed by atoms with Gasteiger partial charge >= 0.3 is 22.4 Å². The predicted octanol–water partition coefficient (Wildman–Crippen LogP) is 0.978. The Hall–Kier alpha value is -1.39. The Morgan fingerprint density at radius 2 is 1.62 bits per heavy atom. The Labute approximate surface area is 141 Å². The van der Waals surface area contributed by atoms with Crippen molar-refractivity contribution in [1.29, 1.82) is 0 Å². The molecule has 0 bridgehead atoms. The maximum absolute atomic E-state index is 12.7. The molecule has 9 nitrogen and oxygen atoms in total. The first-order valence-electron chi connectivity index (χ1n) is 7.47. The van der Waals surface area contributed by atoms with Crippen molar-refractivity contribution in [2.75, 3.05) is 13.2 Å². The Kier molecular flexibility index (Phi) is 4.39. The maximum atomic E-state index is 12.7.